The van der Waals surface area contributed by atoms with Gasteiger partial charge in [0.25, 0.3) is 0 Å². The minimum Gasteiger partial charge on any atom is -0.495 e. The third-order valence-electron chi connectivity index (χ3n) is 4.62. The second-order valence-corrected chi connectivity index (χ2v) is 6.56. The molecule has 0 amide bonds. The lowest BCUT2D eigenvalue weighted by Gasteiger charge is -2.22. The Morgan fingerprint density at radius 2 is 2.00 bits per heavy atom. The molecule has 1 aliphatic rings. The average molecular weight is 506 g/mol. The van der Waals surface area contributed by atoms with Crippen molar-refractivity contribution < 1.29 is 14.2 Å². The first-order valence-corrected chi connectivity index (χ1v) is 9.70. The first-order valence-electron chi connectivity index (χ1n) is 9.70. The molecule has 28 heavy (non-hydrogen) atoms. The molecule has 1 saturated heterocycles. The SMILES string of the molecule is CN=C(NCCCCOCCOC)NC1CCN(c2ccccc2OC)C1.I. The summed E-state index contributed by atoms with van der Waals surface area (Å²) >= 11 is 0. The molecule has 1 aromatic carbocycles. The number of methoxy groups -OCH3 is 2. The van der Waals surface area contributed by atoms with Crippen molar-refractivity contribution in [3.8, 4) is 5.75 Å². The van der Waals surface area contributed by atoms with Crippen molar-refractivity contribution in [2.45, 2.75) is 25.3 Å². The monoisotopic (exact) mass is 506 g/mol. The van der Waals surface area contributed by atoms with Gasteiger partial charge in [0.2, 0.25) is 0 Å². The summed E-state index contributed by atoms with van der Waals surface area (Å²) < 4.78 is 15.9. The molecule has 8 heteroatoms. The Labute approximate surface area is 186 Å². The van der Waals surface area contributed by atoms with E-state index in [1.54, 1.807) is 14.2 Å². The number of ether oxygens (including phenoxy) is 3. The third-order valence-corrected chi connectivity index (χ3v) is 4.62. The number of benzene rings is 1. The lowest BCUT2D eigenvalue weighted by atomic mass is 10.2. The van der Waals surface area contributed by atoms with Crippen LogP contribution in [-0.4, -0.2) is 72.7 Å². The van der Waals surface area contributed by atoms with E-state index in [4.69, 9.17) is 14.2 Å². The topological polar surface area (TPSA) is 67.4 Å². The number of halogens is 1. The minimum absolute atomic E-state index is 0. The summed E-state index contributed by atoms with van der Waals surface area (Å²) in [4.78, 5) is 6.71. The van der Waals surface area contributed by atoms with Crippen molar-refractivity contribution in [1.82, 2.24) is 10.6 Å². The normalized spacial score (nSPS) is 16.6. The van der Waals surface area contributed by atoms with Gasteiger partial charge in [-0.05, 0) is 31.4 Å². The fourth-order valence-electron chi connectivity index (χ4n) is 3.16. The highest BCUT2D eigenvalue weighted by Gasteiger charge is 2.25. The molecular weight excluding hydrogens is 471 g/mol. The Balaban J connectivity index is 0.00000392. The number of nitrogens with zero attached hydrogens (tertiary/aromatic N) is 2. The smallest absolute Gasteiger partial charge is 0.191 e. The first-order chi connectivity index (χ1) is 13.3. The molecule has 2 rings (SSSR count). The second-order valence-electron chi connectivity index (χ2n) is 6.56. The maximum atomic E-state index is 5.49. The summed E-state index contributed by atoms with van der Waals surface area (Å²) in [5.41, 5.74) is 1.15. The number of rotatable bonds is 11. The van der Waals surface area contributed by atoms with Crippen LogP contribution in [0, 0.1) is 0 Å². The Morgan fingerprint density at radius 3 is 2.75 bits per heavy atom. The molecule has 0 aromatic heterocycles. The number of hydrogen-bond acceptors (Lipinski definition) is 5. The molecule has 1 atom stereocenters. The Hall–Kier alpha value is -1.26. The van der Waals surface area contributed by atoms with Crippen LogP contribution in [0.3, 0.4) is 0 Å². The molecule has 0 radical (unpaired) electrons. The molecule has 7 nitrogen and oxygen atoms in total. The molecule has 0 spiro atoms. The molecule has 1 fully saturated rings. The number of guanidine groups is 1. The van der Waals surface area contributed by atoms with Crippen molar-refractivity contribution in [3.63, 3.8) is 0 Å². The van der Waals surface area contributed by atoms with E-state index in [0.29, 0.717) is 19.3 Å². The summed E-state index contributed by atoms with van der Waals surface area (Å²) in [6.07, 6.45) is 3.15. The van der Waals surface area contributed by atoms with Crippen molar-refractivity contribution in [3.05, 3.63) is 24.3 Å². The van der Waals surface area contributed by atoms with Crippen LogP contribution < -0.4 is 20.3 Å². The van der Waals surface area contributed by atoms with Crippen LogP contribution in [0.2, 0.25) is 0 Å². The zero-order valence-electron chi connectivity index (χ0n) is 17.3. The summed E-state index contributed by atoms with van der Waals surface area (Å²) in [6.45, 7) is 4.92. The van der Waals surface area contributed by atoms with Crippen LogP contribution in [0.4, 0.5) is 5.69 Å². The van der Waals surface area contributed by atoms with Crippen molar-refractivity contribution in [2.24, 2.45) is 4.99 Å². The van der Waals surface area contributed by atoms with Gasteiger partial charge in [-0.3, -0.25) is 4.99 Å². The van der Waals surface area contributed by atoms with Crippen molar-refractivity contribution in [1.29, 1.82) is 0 Å². The highest BCUT2D eigenvalue weighted by atomic mass is 127. The number of para-hydroxylation sites is 2. The van der Waals surface area contributed by atoms with Crippen LogP contribution >= 0.6 is 24.0 Å². The molecule has 160 valence electrons. The van der Waals surface area contributed by atoms with Gasteiger partial charge in [0.1, 0.15) is 5.75 Å². The largest absolute Gasteiger partial charge is 0.495 e. The van der Waals surface area contributed by atoms with Crippen LogP contribution in [0.1, 0.15) is 19.3 Å². The van der Waals surface area contributed by atoms with Gasteiger partial charge >= 0.3 is 0 Å². The fraction of sp³-hybridized carbons (Fsp3) is 0.650. The number of aliphatic imine (C=N–C) groups is 1. The van der Waals surface area contributed by atoms with Gasteiger partial charge < -0.3 is 29.7 Å². The average Bonchev–Trinajstić information content (AvgIpc) is 3.17. The van der Waals surface area contributed by atoms with E-state index >= 15 is 0 Å². The summed E-state index contributed by atoms with van der Waals surface area (Å²) in [7, 11) is 5.22. The van der Waals surface area contributed by atoms with Crippen molar-refractivity contribution in [2.75, 3.05) is 65.6 Å². The second kappa shape index (κ2) is 14.7. The van der Waals surface area contributed by atoms with E-state index < -0.39 is 0 Å². The van der Waals surface area contributed by atoms with Gasteiger partial charge in [-0.25, -0.2) is 0 Å². The van der Waals surface area contributed by atoms with E-state index in [1.807, 2.05) is 19.2 Å². The Kier molecular flexibility index (Phi) is 13.0. The lowest BCUT2D eigenvalue weighted by Crippen LogP contribution is -2.44. The maximum absolute atomic E-state index is 5.49. The van der Waals surface area contributed by atoms with Gasteiger partial charge in [0, 0.05) is 46.4 Å². The van der Waals surface area contributed by atoms with E-state index in [9.17, 15) is 0 Å². The number of unbranched alkanes of at least 4 members (excludes halogenated alkanes) is 1. The zero-order chi connectivity index (χ0) is 19.3. The molecule has 0 saturated carbocycles. The molecule has 1 heterocycles. The van der Waals surface area contributed by atoms with Crippen LogP contribution in [0.25, 0.3) is 0 Å². The standard InChI is InChI=1S/C20H34N4O3.HI/c1-21-20(22-11-6-7-13-27-15-14-25-2)23-17-10-12-24(16-17)18-8-4-5-9-19(18)26-3;/h4-5,8-9,17H,6-7,10-16H2,1-3H3,(H2,21,22,23);1H. The van der Waals surface area contributed by atoms with Crippen molar-refractivity contribution >= 4 is 35.6 Å². The highest BCUT2D eigenvalue weighted by Crippen LogP contribution is 2.30. The van der Waals surface area contributed by atoms with Gasteiger partial charge in [0.05, 0.1) is 26.0 Å². The predicted octanol–water partition coefficient (Wildman–Crippen LogP) is 2.50. The fourth-order valence-corrected chi connectivity index (χ4v) is 3.16. The molecule has 1 aromatic rings. The predicted molar refractivity (Wildman–Crippen MR) is 125 cm³/mol. The Bertz CT molecular complexity index is 574. The lowest BCUT2D eigenvalue weighted by molar-refractivity contribution is 0.0689. The van der Waals surface area contributed by atoms with Crippen LogP contribution in [0.15, 0.2) is 29.3 Å². The quantitative estimate of drug-likeness (QED) is 0.208. The van der Waals surface area contributed by atoms with E-state index in [-0.39, 0.29) is 24.0 Å². The van der Waals surface area contributed by atoms with Gasteiger partial charge in [-0.2, -0.15) is 0 Å². The zero-order valence-corrected chi connectivity index (χ0v) is 19.6. The first kappa shape index (κ1) is 24.8. The molecule has 0 bridgehead atoms. The molecular formula is C20H35IN4O3. The highest BCUT2D eigenvalue weighted by molar-refractivity contribution is 14.0. The van der Waals surface area contributed by atoms with Crippen LogP contribution in [-0.2, 0) is 9.47 Å². The molecule has 1 aliphatic heterocycles. The number of anilines is 1. The Morgan fingerprint density at radius 1 is 1.18 bits per heavy atom. The minimum atomic E-state index is 0. The molecule has 2 N–H and O–H groups in total. The summed E-state index contributed by atoms with van der Waals surface area (Å²) in [5, 5.41) is 6.92. The van der Waals surface area contributed by atoms with Gasteiger partial charge in [-0.15, -0.1) is 24.0 Å². The number of nitrogens with one attached hydrogen (secondary N) is 2. The van der Waals surface area contributed by atoms with E-state index in [2.05, 4.69) is 32.7 Å². The summed E-state index contributed by atoms with van der Waals surface area (Å²) in [6, 6.07) is 8.55. The molecule has 1 unspecified atom stereocenters. The van der Waals surface area contributed by atoms with Crippen LogP contribution in [0.5, 0.6) is 5.75 Å². The number of hydrogen-bond donors (Lipinski definition) is 2. The molecule has 0 aliphatic carbocycles. The van der Waals surface area contributed by atoms with E-state index in [0.717, 1.165) is 62.9 Å². The maximum Gasteiger partial charge on any atom is 0.191 e. The van der Waals surface area contributed by atoms with Gasteiger partial charge in [-0.1, -0.05) is 12.1 Å². The van der Waals surface area contributed by atoms with Gasteiger partial charge in [0.15, 0.2) is 5.96 Å². The summed E-state index contributed by atoms with van der Waals surface area (Å²) in [5.74, 6) is 1.79. The third kappa shape index (κ3) is 8.40. The van der Waals surface area contributed by atoms with E-state index in [1.165, 1.54) is 0 Å².